The van der Waals surface area contributed by atoms with Crippen LogP contribution in [0.4, 0.5) is 0 Å². The summed E-state index contributed by atoms with van der Waals surface area (Å²) in [7, 11) is 0.907. The summed E-state index contributed by atoms with van der Waals surface area (Å²) in [5, 5.41) is 1.11. The van der Waals surface area contributed by atoms with Crippen molar-refractivity contribution >= 4 is 26.4 Å². The number of hydrogen-bond donors (Lipinski definition) is 0. The average Bonchev–Trinajstić information content (AvgIpc) is 2.47. The van der Waals surface area contributed by atoms with Crippen LogP contribution < -0.4 is 0 Å². The largest absolute Gasteiger partial charge is 0.422 e. The number of hydrogen-bond acceptors (Lipinski definition) is 1. The third-order valence-electron chi connectivity index (χ3n) is 5.46. The molecule has 0 N–H and O–H groups in total. The highest BCUT2D eigenvalue weighted by atomic mass is 79.9. The molecule has 106 valence electrons. The van der Waals surface area contributed by atoms with Crippen LogP contribution in [-0.4, -0.2) is 21.4 Å². The van der Waals surface area contributed by atoms with Gasteiger partial charge in [0.15, 0.2) is 0 Å². The first-order valence-corrected chi connectivity index (χ1v) is 9.88. The highest BCUT2D eigenvalue weighted by Gasteiger charge is 2.44. The average molecular weight is 333 g/mol. The van der Waals surface area contributed by atoms with Crippen LogP contribution in [0.25, 0.3) is 0 Å². The zero-order chi connectivity index (χ0) is 12.8. The molecule has 0 aromatic rings. The zero-order valence-corrected chi connectivity index (χ0v) is 15.5. The first-order chi connectivity index (χ1) is 8.83. The van der Waals surface area contributed by atoms with Gasteiger partial charge in [-0.05, 0) is 43.9 Å². The van der Waals surface area contributed by atoms with E-state index >= 15 is 0 Å². The second-order valence-electron chi connectivity index (χ2n) is 6.27. The minimum atomic E-state index is 0.247. The van der Waals surface area contributed by atoms with Crippen molar-refractivity contribution in [3.8, 4) is 0 Å². The van der Waals surface area contributed by atoms with Gasteiger partial charge in [-0.15, -0.1) is 0 Å². The molecule has 0 saturated heterocycles. The third kappa shape index (κ3) is 3.21. The van der Waals surface area contributed by atoms with Gasteiger partial charge in [-0.1, -0.05) is 54.5 Å². The molecule has 0 spiro atoms. The van der Waals surface area contributed by atoms with Crippen molar-refractivity contribution in [3.63, 3.8) is 0 Å². The SMILES string of the molecule is [SiH3]OC(CCBr)(C1CCCCC1)C1CCCCC1. The van der Waals surface area contributed by atoms with Crippen molar-refractivity contribution in [2.24, 2.45) is 11.8 Å². The van der Waals surface area contributed by atoms with E-state index in [0.29, 0.717) is 0 Å². The molecular weight excluding hydrogens is 304 g/mol. The Morgan fingerprint density at radius 2 is 1.33 bits per heavy atom. The lowest BCUT2D eigenvalue weighted by molar-refractivity contribution is -0.0669. The maximum absolute atomic E-state index is 6.37. The summed E-state index contributed by atoms with van der Waals surface area (Å²) in [5.74, 6) is 1.70. The summed E-state index contributed by atoms with van der Waals surface area (Å²) in [6.45, 7) is 0. The van der Waals surface area contributed by atoms with Gasteiger partial charge in [0.05, 0.1) is 5.60 Å². The van der Waals surface area contributed by atoms with Crippen LogP contribution >= 0.6 is 15.9 Å². The van der Waals surface area contributed by atoms with Crippen LogP contribution in [0.3, 0.4) is 0 Å². The Morgan fingerprint density at radius 1 is 0.889 bits per heavy atom. The van der Waals surface area contributed by atoms with Crippen LogP contribution in [0, 0.1) is 11.8 Å². The summed E-state index contributed by atoms with van der Waals surface area (Å²) in [5.41, 5.74) is 0.247. The van der Waals surface area contributed by atoms with Crippen molar-refractivity contribution in [1.29, 1.82) is 0 Å². The van der Waals surface area contributed by atoms with Crippen LogP contribution in [0.15, 0.2) is 0 Å². The van der Waals surface area contributed by atoms with Gasteiger partial charge in [0, 0.05) is 5.33 Å². The van der Waals surface area contributed by atoms with Gasteiger partial charge in [0.1, 0.15) is 10.5 Å². The highest BCUT2D eigenvalue weighted by Crippen LogP contribution is 2.46. The fourth-order valence-electron chi connectivity index (χ4n) is 4.51. The summed E-state index contributed by atoms with van der Waals surface area (Å²) >= 11 is 3.69. The third-order valence-corrected chi connectivity index (χ3v) is 6.61. The molecule has 1 nitrogen and oxygen atoms in total. The minimum absolute atomic E-state index is 0.247. The van der Waals surface area contributed by atoms with Crippen LogP contribution in [0.5, 0.6) is 0 Å². The summed E-state index contributed by atoms with van der Waals surface area (Å²) < 4.78 is 6.37. The Bertz CT molecular complexity index is 217. The van der Waals surface area contributed by atoms with Crippen molar-refractivity contribution in [3.05, 3.63) is 0 Å². The first-order valence-electron chi connectivity index (χ1n) is 7.94. The van der Waals surface area contributed by atoms with Gasteiger partial charge >= 0.3 is 0 Å². The molecular formula is C15H29BrOSi. The standard InChI is InChI=1S/C15H29BrOSi/c16-12-11-15(17-18,13-7-3-1-4-8-13)14-9-5-2-6-10-14/h13-14H,1-12H2,18H3. The molecule has 0 aromatic carbocycles. The van der Waals surface area contributed by atoms with Gasteiger partial charge in [-0.2, -0.15) is 0 Å². The van der Waals surface area contributed by atoms with Crippen LogP contribution in [0.2, 0.25) is 0 Å². The second kappa shape index (κ2) is 7.44. The van der Waals surface area contributed by atoms with E-state index in [1.54, 1.807) is 0 Å². The Balaban J connectivity index is 2.13. The molecule has 2 fully saturated rings. The summed E-state index contributed by atoms with van der Waals surface area (Å²) in [6.07, 6.45) is 15.6. The second-order valence-corrected chi connectivity index (χ2v) is 7.47. The molecule has 2 aliphatic carbocycles. The van der Waals surface area contributed by atoms with E-state index in [0.717, 1.165) is 27.7 Å². The maximum atomic E-state index is 6.37. The Morgan fingerprint density at radius 3 is 1.67 bits per heavy atom. The molecule has 2 rings (SSSR count). The van der Waals surface area contributed by atoms with Crippen molar-refractivity contribution < 1.29 is 4.43 Å². The van der Waals surface area contributed by atoms with E-state index < -0.39 is 0 Å². The van der Waals surface area contributed by atoms with Crippen LogP contribution in [0.1, 0.15) is 70.6 Å². The fourth-order valence-corrected chi connectivity index (χ4v) is 6.00. The molecule has 3 heteroatoms. The van der Waals surface area contributed by atoms with Crippen molar-refractivity contribution in [2.45, 2.75) is 76.2 Å². The highest BCUT2D eigenvalue weighted by molar-refractivity contribution is 9.09. The topological polar surface area (TPSA) is 9.23 Å². The van der Waals surface area contributed by atoms with E-state index in [9.17, 15) is 0 Å². The molecule has 0 unspecified atom stereocenters. The van der Waals surface area contributed by atoms with Crippen molar-refractivity contribution in [2.75, 3.05) is 5.33 Å². The molecule has 0 aliphatic heterocycles. The Hall–Kier alpha value is 0.657. The van der Waals surface area contributed by atoms with E-state index in [1.807, 2.05) is 0 Å². The predicted octanol–water partition coefficient (Wildman–Crippen LogP) is 3.97. The quantitative estimate of drug-likeness (QED) is 0.546. The van der Waals surface area contributed by atoms with Gasteiger partial charge in [0.2, 0.25) is 0 Å². The van der Waals surface area contributed by atoms with Gasteiger partial charge < -0.3 is 4.43 Å². The first kappa shape index (κ1) is 15.1. The lowest BCUT2D eigenvalue weighted by atomic mass is 9.65. The maximum Gasteiger partial charge on any atom is 0.146 e. The van der Waals surface area contributed by atoms with Crippen LogP contribution in [-0.2, 0) is 4.43 Å². The number of alkyl halides is 1. The van der Waals surface area contributed by atoms with E-state index in [2.05, 4.69) is 15.9 Å². The molecule has 18 heavy (non-hydrogen) atoms. The molecule has 0 heterocycles. The van der Waals surface area contributed by atoms with Crippen molar-refractivity contribution in [1.82, 2.24) is 0 Å². The molecule has 2 aliphatic rings. The molecule has 2 saturated carbocycles. The van der Waals surface area contributed by atoms with E-state index in [1.165, 1.54) is 70.6 Å². The lowest BCUT2D eigenvalue weighted by Crippen LogP contribution is -2.49. The number of halogens is 1. The zero-order valence-electron chi connectivity index (χ0n) is 11.9. The van der Waals surface area contributed by atoms with Gasteiger partial charge in [-0.25, -0.2) is 0 Å². The molecule has 0 amide bonds. The molecule has 0 atom stereocenters. The summed E-state index contributed by atoms with van der Waals surface area (Å²) in [6, 6.07) is 0. The minimum Gasteiger partial charge on any atom is -0.422 e. The van der Waals surface area contributed by atoms with Gasteiger partial charge in [0.25, 0.3) is 0 Å². The molecule has 0 bridgehead atoms. The summed E-state index contributed by atoms with van der Waals surface area (Å²) in [4.78, 5) is 0. The molecule has 0 aromatic heterocycles. The van der Waals surface area contributed by atoms with Gasteiger partial charge in [-0.3, -0.25) is 0 Å². The Labute approximate surface area is 124 Å². The number of rotatable bonds is 5. The predicted molar refractivity (Wildman–Crippen MR) is 85.3 cm³/mol. The Kier molecular flexibility index (Phi) is 6.22. The van der Waals surface area contributed by atoms with E-state index in [-0.39, 0.29) is 5.60 Å². The fraction of sp³-hybridized carbons (Fsp3) is 1.00. The lowest BCUT2D eigenvalue weighted by Gasteiger charge is -2.49. The smallest absolute Gasteiger partial charge is 0.146 e. The normalized spacial score (nSPS) is 24.5. The van der Waals surface area contributed by atoms with E-state index in [4.69, 9.17) is 4.43 Å². The monoisotopic (exact) mass is 332 g/mol. The molecule has 0 radical (unpaired) electrons.